The lowest BCUT2D eigenvalue weighted by atomic mass is 9.81. The number of fused-ring (bicyclic) bond motifs is 21. The number of ether oxygens (including phenoxy) is 4. The van der Waals surface area contributed by atoms with E-state index in [0.29, 0.717) is 48.5 Å². The van der Waals surface area contributed by atoms with E-state index in [9.17, 15) is 44.4 Å². The quantitative estimate of drug-likeness (QED) is 0.0523. The predicted molar refractivity (Wildman–Crippen MR) is 457 cm³/mol. The molecule has 0 bridgehead atoms. The summed E-state index contributed by atoms with van der Waals surface area (Å²) in [5.41, 5.74) is 29.9. The topological polar surface area (TPSA) is 332 Å². The van der Waals surface area contributed by atoms with Crippen LogP contribution in [0, 0.1) is 0 Å². The van der Waals surface area contributed by atoms with E-state index in [1.807, 2.05) is 69.3 Å². The Morgan fingerprint density at radius 1 is 0.415 bits per heavy atom. The summed E-state index contributed by atoms with van der Waals surface area (Å²) in [6, 6.07) is 35.4. The van der Waals surface area contributed by atoms with Gasteiger partial charge in [0.25, 0.3) is 17.7 Å². The first-order valence-corrected chi connectivity index (χ1v) is 45.7. The van der Waals surface area contributed by atoms with Gasteiger partial charge in [0, 0.05) is 157 Å². The van der Waals surface area contributed by atoms with Crippen LogP contribution >= 0.6 is 0 Å². The second-order valence-electron chi connectivity index (χ2n) is 35.8. The molecule has 6 fully saturated rings. The molecule has 2 unspecified atom stereocenters. The Balaban J connectivity index is 0.000000133. The van der Waals surface area contributed by atoms with Crippen molar-refractivity contribution in [1.82, 2.24) is 46.1 Å². The fourth-order valence-corrected chi connectivity index (χ4v) is 21.5. The van der Waals surface area contributed by atoms with Crippen LogP contribution in [0.3, 0.4) is 0 Å². The number of amides is 4. The average Bonchev–Trinajstić information content (AvgIpc) is 1.54. The molecule has 0 spiro atoms. The van der Waals surface area contributed by atoms with Gasteiger partial charge in [0.15, 0.2) is 0 Å². The number of carbonyl (C=O) groups excluding carboxylic acids is 4. The fourth-order valence-electron chi connectivity index (χ4n) is 19.9. The molecular formula is C89H110N12O14S3. The highest BCUT2D eigenvalue weighted by Gasteiger charge is 2.60. The molecule has 29 heteroatoms. The van der Waals surface area contributed by atoms with Crippen LogP contribution in [-0.4, -0.2) is 162 Å². The van der Waals surface area contributed by atoms with Gasteiger partial charge in [-0.1, -0.05) is 76.0 Å². The largest absolute Gasteiger partial charge is 0.497 e. The molecule has 18 rings (SSSR count). The molecular weight excluding hydrogens is 1560 g/mol. The summed E-state index contributed by atoms with van der Waals surface area (Å²) in [5, 5.41) is 6.53. The summed E-state index contributed by atoms with van der Waals surface area (Å²) in [4.78, 5) is 52.4. The second kappa shape index (κ2) is 30.7. The highest BCUT2D eigenvalue weighted by molar-refractivity contribution is 7.88. The molecule has 8 N–H and O–H groups in total. The minimum Gasteiger partial charge on any atom is -0.497 e. The standard InChI is InChI=1S/C33H42N4O6S.2C28H34N4O4S/c1-32(2,3)43-31(39)34-33-18-26(33)25-17-22(42-6)13-15-23(25)29-28(20-10-8-7-9-11-20)24-14-12-21(16-27(24)37(29)19-33)30(38)35-44(40,41)36(4)5;2*1-31(2)37(34,35)30-27(33)18-9-11-21-24(13-18)32-16-28(29)15-23(28)22-14-19(36-3)10-12-20(22)26(32)25(21)17-7-5-4-6-8-17/h12-17,20,26H,7-11,18-19H2,1-6H3,(H,34,39)(H,35,38);2*9-14,17,23H,4-8,15-16,29H2,1-3H3,(H,30,33)/t26-,33-;23-,28-;/m00./s1. The SMILES string of the molecule is COc1ccc2c(c1)C1CC1(N)Cn1c-2c(C2CCCCC2)c2ccc(C(=O)NS(=O)(=O)N(C)C)cc21.COc1ccc2c(c1)[C@@H]1C[C@]1(N)Cn1c-2c(C2CCCCC2)c2ccc(C(=O)NS(=O)(=O)N(C)C)cc21.COc1ccc2c(c1)[C@@H]1C[C@]1(NC(=O)OC(C)(C)C)Cn1c-2c(C2CCCCC2)c2ccc(C(=O)NS(=O)(=O)N(C)C)cc21. The number of methoxy groups -OCH3 is 3. The molecule has 0 saturated heterocycles. The third kappa shape index (κ3) is 15.2. The van der Waals surface area contributed by atoms with Crippen molar-refractivity contribution in [3.8, 4) is 51.0 Å². The summed E-state index contributed by atoms with van der Waals surface area (Å²) in [6.45, 7) is 7.31. The molecule has 6 aromatic carbocycles. The summed E-state index contributed by atoms with van der Waals surface area (Å²) < 4.78 is 113. The lowest BCUT2D eigenvalue weighted by molar-refractivity contribution is 0.0488. The van der Waals surface area contributed by atoms with E-state index in [0.717, 1.165) is 150 Å². The number of nitrogens with zero attached hydrogens (tertiary/aromatic N) is 6. The van der Waals surface area contributed by atoms with E-state index in [4.69, 9.17) is 30.4 Å². The summed E-state index contributed by atoms with van der Waals surface area (Å²) in [7, 11) is 1.58. The van der Waals surface area contributed by atoms with Crippen molar-refractivity contribution >= 4 is 87.2 Å². The van der Waals surface area contributed by atoms with Crippen molar-refractivity contribution in [3.05, 3.63) is 159 Å². The highest BCUT2D eigenvalue weighted by Crippen LogP contribution is 2.63. The van der Waals surface area contributed by atoms with Crippen LogP contribution in [0.15, 0.2) is 109 Å². The zero-order valence-electron chi connectivity index (χ0n) is 69.5. The molecule has 6 atom stereocenters. The number of hydrogen-bond acceptors (Lipinski definition) is 16. The monoisotopic (exact) mass is 1670 g/mol. The molecule has 26 nitrogen and oxygen atoms in total. The summed E-state index contributed by atoms with van der Waals surface area (Å²) >= 11 is 0. The van der Waals surface area contributed by atoms with Gasteiger partial charge in [-0.2, -0.15) is 38.2 Å². The minimum absolute atomic E-state index is 0.0472. The van der Waals surface area contributed by atoms with Crippen molar-refractivity contribution in [2.24, 2.45) is 11.5 Å². The summed E-state index contributed by atoms with van der Waals surface area (Å²) in [6.07, 6.45) is 19.6. The lowest BCUT2D eigenvalue weighted by Gasteiger charge is -2.25. The van der Waals surface area contributed by atoms with Crippen LogP contribution in [-0.2, 0) is 55.0 Å². The van der Waals surface area contributed by atoms with Crippen LogP contribution in [0.1, 0.15) is 236 Å². The van der Waals surface area contributed by atoms with Crippen molar-refractivity contribution in [2.45, 2.75) is 214 Å². The van der Waals surface area contributed by atoms with Gasteiger partial charge in [-0.15, -0.1) is 0 Å². The molecule has 4 amide bonds. The van der Waals surface area contributed by atoms with E-state index in [-0.39, 0.29) is 34.4 Å². The fraction of sp³-hybridized carbons (Fsp3) is 0.483. The van der Waals surface area contributed by atoms with E-state index in [1.165, 1.54) is 138 Å². The zero-order valence-corrected chi connectivity index (χ0v) is 71.9. The van der Waals surface area contributed by atoms with Crippen molar-refractivity contribution < 1.29 is 63.4 Å². The van der Waals surface area contributed by atoms with Crippen LogP contribution in [0.4, 0.5) is 4.79 Å². The van der Waals surface area contributed by atoms with Gasteiger partial charge in [-0.25, -0.2) is 19.0 Å². The van der Waals surface area contributed by atoms with Crippen LogP contribution in [0.5, 0.6) is 17.2 Å². The molecule has 3 aliphatic heterocycles. The number of aromatic nitrogens is 3. The van der Waals surface area contributed by atoms with E-state index in [1.54, 1.807) is 45.6 Å². The van der Waals surface area contributed by atoms with Crippen LogP contribution in [0.25, 0.3) is 66.5 Å². The number of alkyl carbamates (subject to hydrolysis) is 1. The van der Waals surface area contributed by atoms with Crippen molar-refractivity contribution in [3.63, 3.8) is 0 Å². The molecule has 0 radical (unpaired) electrons. The van der Waals surface area contributed by atoms with Gasteiger partial charge in [0.1, 0.15) is 22.8 Å². The Hall–Kier alpha value is -9.33. The first kappa shape index (κ1) is 82.4. The lowest BCUT2D eigenvalue weighted by Crippen LogP contribution is -2.44. The second-order valence-corrected chi connectivity index (χ2v) is 41.4. The maximum atomic E-state index is 13.2. The zero-order chi connectivity index (χ0) is 83.8. The Kier molecular flexibility index (Phi) is 21.5. The number of carbonyl (C=O) groups is 4. The normalized spacial score (nSPS) is 22.6. The minimum atomic E-state index is -3.97. The maximum Gasteiger partial charge on any atom is 0.408 e. The Bertz CT molecular complexity index is 5700. The summed E-state index contributed by atoms with van der Waals surface area (Å²) in [5.74, 6) is 2.20. The molecule has 6 aliphatic carbocycles. The first-order valence-electron chi connectivity index (χ1n) is 41.3. The smallest absolute Gasteiger partial charge is 0.408 e. The van der Waals surface area contributed by atoms with Crippen LogP contribution in [0.2, 0.25) is 0 Å². The number of hydrogen-bond donors (Lipinski definition) is 6. The molecule has 628 valence electrons. The highest BCUT2D eigenvalue weighted by atomic mass is 32.2. The Labute approximate surface area is 691 Å². The first-order chi connectivity index (χ1) is 56.0. The van der Waals surface area contributed by atoms with Gasteiger partial charge in [-0.05, 0) is 221 Å². The number of rotatable bonds is 16. The van der Waals surface area contributed by atoms with E-state index in [2.05, 4.69) is 69.6 Å². The number of nitrogens with one attached hydrogen (secondary N) is 4. The molecule has 118 heavy (non-hydrogen) atoms. The Morgan fingerprint density at radius 3 is 1.02 bits per heavy atom. The molecule has 6 saturated carbocycles. The third-order valence-corrected chi connectivity index (χ3v) is 30.5. The Morgan fingerprint density at radius 2 is 0.720 bits per heavy atom. The van der Waals surface area contributed by atoms with Crippen molar-refractivity contribution in [2.75, 3.05) is 63.6 Å². The molecule has 6 heterocycles. The average molecular weight is 1670 g/mol. The van der Waals surface area contributed by atoms with Gasteiger partial charge >= 0.3 is 36.7 Å². The van der Waals surface area contributed by atoms with Gasteiger partial charge in [0.2, 0.25) is 0 Å². The van der Waals surface area contributed by atoms with E-state index < -0.39 is 65.6 Å². The van der Waals surface area contributed by atoms with Gasteiger partial charge in [-0.3, -0.25) is 14.4 Å². The predicted octanol–water partition coefficient (Wildman–Crippen LogP) is 13.9. The van der Waals surface area contributed by atoms with Crippen LogP contribution < -0.4 is 45.2 Å². The van der Waals surface area contributed by atoms with Gasteiger partial charge in [0.05, 0.1) is 44.0 Å². The van der Waals surface area contributed by atoms with Gasteiger partial charge < -0.3 is 49.4 Å². The number of benzene rings is 6. The van der Waals surface area contributed by atoms with Crippen molar-refractivity contribution in [1.29, 1.82) is 0 Å². The molecule has 9 aromatic rings. The maximum absolute atomic E-state index is 13.2. The van der Waals surface area contributed by atoms with E-state index >= 15 is 0 Å². The molecule has 9 aliphatic rings. The number of nitrogens with two attached hydrogens (primary N) is 2. The molecule has 3 aromatic heterocycles. The third-order valence-electron chi connectivity index (χ3n) is 26.3.